The van der Waals surface area contributed by atoms with Gasteiger partial charge in [0.1, 0.15) is 5.69 Å². The van der Waals surface area contributed by atoms with Crippen LogP contribution in [0.2, 0.25) is 0 Å². The number of ether oxygens (including phenoxy) is 1. The first-order valence-electron chi connectivity index (χ1n) is 5.14. The Morgan fingerprint density at radius 3 is 2.69 bits per heavy atom. The van der Waals surface area contributed by atoms with Crippen LogP contribution in [0.1, 0.15) is 13.8 Å². The maximum Gasteiger partial charge on any atom is 0.333 e. The van der Waals surface area contributed by atoms with E-state index < -0.39 is 4.92 Å². The Morgan fingerprint density at radius 1 is 1.50 bits per heavy atom. The Hall–Kier alpha value is -1.78. The second kappa shape index (κ2) is 5.34. The van der Waals surface area contributed by atoms with Gasteiger partial charge in [-0.25, -0.2) is 0 Å². The molecule has 0 aliphatic carbocycles. The molecular weight excluding hydrogens is 208 g/mol. The van der Waals surface area contributed by atoms with Crippen molar-refractivity contribution in [3.05, 3.63) is 28.3 Å². The molecule has 16 heavy (non-hydrogen) atoms. The number of nitrogens with one attached hydrogen (secondary N) is 1. The summed E-state index contributed by atoms with van der Waals surface area (Å²) < 4.78 is 5.42. The van der Waals surface area contributed by atoms with Crippen molar-refractivity contribution in [1.82, 2.24) is 0 Å². The van der Waals surface area contributed by atoms with E-state index in [1.54, 1.807) is 25.2 Å². The largest absolute Gasteiger partial charge is 0.486 e. The van der Waals surface area contributed by atoms with Gasteiger partial charge in [0, 0.05) is 7.05 Å². The number of benzene rings is 1. The number of anilines is 1. The Labute approximate surface area is 94.6 Å². The Morgan fingerprint density at radius 2 is 2.19 bits per heavy atom. The van der Waals surface area contributed by atoms with Crippen molar-refractivity contribution >= 4 is 11.4 Å². The van der Waals surface area contributed by atoms with Gasteiger partial charge in [0.15, 0.2) is 5.75 Å². The lowest BCUT2D eigenvalue weighted by molar-refractivity contribution is -0.385. The van der Waals surface area contributed by atoms with Crippen LogP contribution in [-0.2, 0) is 0 Å². The fraction of sp³-hybridized carbons (Fsp3) is 0.455. The van der Waals surface area contributed by atoms with Gasteiger partial charge >= 0.3 is 5.69 Å². The third kappa shape index (κ3) is 2.85. The summed E-state index contributed by atoms with van der Waals surface area (Å²) in [4.78, 5) is 10.5. The van der Waals surface area contributed by atoms with Crippen LogP contribution >= 0.6 is 0 Å². The number of nitro benzene ring substituents is 1. The molecule has 0 fully saturated rings. The van der Waals surface area contributed by atoms with Crippen LogP contribution < -0.4 is 10.1 Å². The molecule has 0 bridgehead atoms. The van der Waals surface area contributed by atoms with Crippen molar-refractivity contribution < 1.29 is 9.66 Å². The normalized spacial score (nSPS) is 10.2. The summed E-state index contributed by atoms with van der Waals surface area (Å²) in [5.41, 5.74) is 0.455. The fourth-order valence-electron chi connectivity index (χ4n) is 1.29. The van der Waals surface area contributed by atoms with Gasteiger partial charge in [-0.2, -0.15) is 0 Å². The lowest BCUT2D eigenvalue weighted by Gasteiger charge is -2.10. The van der Waals surface area contributed by atoms with Gasteiger partial charge in [-0.05, 0) is 18.1 Å². The predicted octanol–water partition coefficient (Wildman–Crippen LogP) is 2.67. The molecule has 1 aromatic carbocycles. The molecule has 88 valence electrons. The second-order valence-electron chi connectivity index (χ2n) is 3.86. The monoisotopic (exact) mass is 224 g/mol. The highest BCUT2D eigenvalue weighted by Crippen LogP contribution is 2.34. The number of para-hydroxylation sites is 1. The molecule has 0 saturated carbocycles. The fourth-order valence-corrected chi connectivity index (χ4v) is 1.29. The molecule has 0 heterocycles. The van der Waals surface area contributed by atoms with Crippen molar-refractivity contribution in [2.45, 2.75) is 13.8 Å². The van der Waals surface area contributed by atoms with E-state index in [4.69, 9.17) is 4.74 Å². The Balaban J connectivity index is 3.02. The lowest BCUT2D eigenvalue weighted by atomic mass is 10.2. The number of hydrogen-bond acceptors (Lipinski definition) is 4. The van der Waals surface area contributed by atoms with E-state index in [0.717, 1.165) is 0 Å². The molecular formula is C11H16N2O3. The van der Waals surface area contributed by atoms with Crippen LogP contribution in [0.3, 0.4) is 0 Å². The number of hydrogen-bond donors (Lipinski definition) is 1. The zero-order valence-corrected chi connectivity index (χ0v) is 9.69. The average Bonchev–Trinajstić information content (AvgIpc) is 2.25. The molecule has 0 unspecified atom stereocenters. The summed E-state index contributed by atoms with van der Waals surface area (Å²) in [6.45, 7) is 4.45. The third-order valence-electron chi connectivity index (χ3n) is 2.02. The minimum Gasteiger partial charge on any atom is -0.486 e. The molecule has 0 saturated heterocycles. The summed E-state index contributed by atoms with van der Waals surface area (Å²) in [5.74, 6) is 0.642. The van der Waals surface area contributed by atoms with Crippen molar-refractivity contribution in [3.63, 3.8) is 0 Å². The smallest absolute Gasteiger partial charge is 0.333 e. The minimum absolute atomic E-state index is 0.00866. The molecule has 0 radical (unpaired) electrons. The van der Waals surface area contributed by atoms with Crippen molar-refractivity contribution in [3.8, 4) is 5.75 Å². The first-order valence-corrected chi connectivity index (χ1v) is 5.14. The van der Waals surface area contributed by atoms with E-state index in [1.807, 2.05) is 13.8 Å². The SMILES string of the molecule is CNc1cccc(OCC(C)C)c1[N+](=O)[O-]. The summed E-state index contributed by atoms with van der Waals surface area (Å²) in [6, 6.07) is 5.00. The van der Waals surface area contributed by atoms with Crippen LogP contribution in [0.25, 0.3) is 0 Å². The molecule has 0 aliphatic rings. The van der Waals surface area contributed by atoms with E-state index >= 15 is 0 Å². The molecule has 0 amide bonds. The zero-order chi connectivity index (χ0) is 12.1. The second-order valence-corrected chi connectivity index (χ2v) is 3.86. The third-order valence-corrected chi connectivity index (χ3v) is 2.02. The Kier molecular flexibility index (Phi) is 4.10. The summed E-state index contributed by atoms with van der Waals surface area (Å²) in [6.07, 6.45) is 0. The highest BCUT2D eigenvalue weighted by Gasteiger charge is 2.20. The van der Waals surface area contributed by atoms with Crippen molar-refractivity contribution in [2.24, 2.45) is 5.92 Å². The molecule has 0 spiro atoms. The van der Waals surface area contributed by atoms with E-state index in [1.165, 1.54) is 0 Å². The van der Waals surface area contributed by atoms with Crippen LogP contribution in [0.15, 0.2) is 18.2 Å². The number of rotatable bonds is 5. The van der Waals surface area contributed by atoms with Crippen LogP contribution in [-0.4, -0.2) is 18.6 Å². The van der Waals surface area contributed by atoms with Crippen molar-refractivity contribution in [2.75, 3.05) is 19.0 Å². The van der Waals surface area contributed by atoms with Crippen LogP contribution in [0.4, 0.5) is 11.4 Å². The molecule has 5 nitrogen and oxygen atoms in total. The molecule has 0 aliphatic heterocycles. The van der Waals surface area contributed by atoms with Gasteiger partial charge in [-0.1, -0.05) is 19.9 Å². The van der Waals surface area contributed by atoms with Crippen LogP contribution in [0.5, 0.6) is 5.75 Å². The quantitative estimate of drug-likeness (QED) is 0.617. The molecule has 5 heteroatoms. The molecule has 0 aromatic heterocycles. The van der Waals surface area contributed by atoms with E-state index in [9.17, 15) is 10.1 Å². The van der Waals surface area contributed by atoms with E-state index in [0.29, 0.717) is 24.0 Å². The maximum absolute atomic E-state index is 10.9. The number of nitrogens with zero attached hydrogens (tertiary/aromatic N) is 1. The molecule has 1 rings (SSSR count). The van der Waals surface area contributed by atoms with E-state index in [2.05, 4.69) is 5.32 Å². The highest BCUT2D eigenvalue weighted by atomic mass is 16.6. The number of nitro groups is 1. The summed E-state index contributed by atoms with van der Waals surface area (Å²) in [5, 5.41) is 13.7. The van der Waals surface area contributed by atoms with Gasteiger partial charge in [0.05, 0.1) is 11.5 Å². The highest BCUT2D eigenvalue weighted by molar-refractivity contribution is 5.68. The minimum atomic E-state index is -0.429. The summed E-state index contributed by atoms with van der Waals surface area (Å²) in [7, 11) is 1.65. The van der Waals surface area contributed by atoms with E-state index in [-0.39, 0.29) is 5.69 Å². The molecule has 0 atom stereocenters. The zero-order valence-electron chi connectivity index (χ0n) is 9.69. The topological polar surface area (TPSA) is 64.4 Å². The lowest BCUT2D eigenvalue weighted by Crippen LogP contribution is -2.07. The maximum atomic E-state index is 10.9. The molecule has 1 aromatic rings. The van der Waals surface area contributed by atoms with Gasteiger partial charge in [0.25, 0.3) is 0 Å². The van der Waals surface area contributed by atoms with Gasteiger partial charge < -0.3 is 10.1 Å². The first-order chi connectivity index (χ1) is 7.56. The van der Waals surface area contributed by atoms with Crippen LogP contribution in [0, 0.1) is 16.0 Å². The van der Waals surface area contributed by atoms with Gasteiger partial charge in [-0.15, -0.1) is 0 Å². The Bertz CT molecular complexity index is 377. The average molecular weight is 224 g/mol. The predicted molar refractivity (Wildman–Crippen MR) is 63.0 cm³/mol. The van der Waals surface area contributed by atoms with Gasteiger partial charge in [0.2, 0.25) is 0 Å². The standard InChI is InChI=1S/C11H16N2O3/c1-8(2)7-16-10-6-4-5-9(12-3)11(10)13(14)15/h4-6,8,12H,7H2,1-3H3. The van der Waals surface area contributed by atoms with Crippen molar-refractivity contribution in [1.29, 1.82) is 0 Å². The van der Waals surface area contributed by atoms with Gasteiger partial charge in [-0.3, -0.25) is 10.1 Å². The molecule has 1 N–H and O–H groups in total. The summed E-state index contributed by atoms with van der Waals surface area (Å²) >= 11 is 0. The first kappa shape index (κ1) is 12.3.